The van der Waals surface area contributed by atoms with E-state index in [4.69, 9.17) is 5.26 Å². The fraction of sp³-hybridized carbons (Fsp3) is 0.235. The lowest BCUT2D eigenvalue weighted by Crippen LogP contribution is -2.36. The van der Waals surface area contributed by atoms with E-state index in [-0.39, 0.29) is 0 Å². The Labute approximate surface area is 142 Å². The Morgan fingerprint density at radius 1 is 1.17 bits per heavy atom. The molecule has 1 N–H and O–H groups in total. The molecular formula is C17H17N3O3S. The van der Waals surface area contributed by atoms with Crippen molar-refractivity contribution in [2.75, 3.05) is 0 Å². The zero-order chi connectivity index (χ0) is 17.7. The largest absolute Gasteiger partial charge is 0.264 e. The fourth-order valence-corrected chi connectivity index (χ4v) is 3.26. The summed E-state index contributed by atoms with van der Waals surface area (Å²) >= 11 is 0. The number of nitriles is 1. The van der Waals surface area contributed by atoms with E-state index >= 15 is 0 Å². The van der Waals surface area contributed by atoms with Crippen molar-refractivity contribution in [3.8, 4) is 6.07 Å². The number of nitrogens with one attached hydrogen (secondary N) is 1. The average Bonchev–Trinajstić information content (AvgIpc) is 2.59. The normalized spacial score (nSPS) is 14.4. The highest BCUT2D eigenvalue weighted by Gasteiger charge is 2.30. The molecule has 24 heavy (non-hydrogen) atoms. The van der Waals surface area contributed by atoms with Crippen LogP contribution in [0.15, 0.2) is 53.4 Å². The van der Waals surface area contributed by atoms with Crippen molar-refractivity contribution in [1.29, 1.82) is 5.26 Å². The van der Waals surface area contributed by atoms with E-state index in [1.807, 2.05) is 25.1 Å². The molecule has 0 aliphatic rings. The Balaban J connectivity index is 2.29. The molecule has 2 aromatic rings. The first-order chi connectivity index (χ1) is 11.4. The second kappa shape index (κ2) is 7.81. The Bertz CT molecular complexity index is 782. The van der Waals surface area contributed by atoms with Gasteiger partial charge < -0.3 is 0 Å². The van der Waals surface area contributed by atoms with Crippen LogP contribution in [-0.2, 0) is 11.0 Å². The van der Waals surface area contributed by atoms with Crippen molar-refractivity contribution >= 4 is 11.0 Å². The van der Waals surface area contributed by atoms with Gasteiger partial charge in [0.25, 0.3) is 0 Å². The van der Waals surface area contributed by atoms with Crippen LogP contribution in [-0.4, -0.2) is 15.2 Å². The molecule has 0 aromatic heterocycles. The van der Waals surface area contributed by atoms with Crippen molar-refractivity contribution in [2.45, 2.75) is 30.8 Å². The van der Waals surface area contributed by atoms with Gasteiger partial charge in [-0.15, -0.1) is 0 Å². The molecule has 1 unspecified atom stereocenters. The summed E-state index contributed by atoms with van der Waals surface area (Å²) in [7, 11) is -1.59. The highest BCUT2D eigenvalue weighted by atomic mass is 32.2. The van der Waals surface area contributed by atoms with Crippen LogP contribution in [0.25, 0.3) is 0 Å². The molecule has 6 nitrogen and oxygen atoms in total. The van der Waals surface area contributed by atoms with Crippen LogP contribution < -0.4 is 4.72 Å². The standard InChI is InChI=1S/C17H17N3O3S/c1-12-3-9-16(10-4-12)24(23)19-17(13(2)20(21)22)15-7-5-14(11-18)6-8-15/h3-10,13,17,19H,1-2H3/t13-,17-,24?/m1/s1. The van der Waals surface area contributed by atoms with Gasteiger partial charge in [0.2, 0.25) is 6.04 Å². The number of aryl methyl sites for hydroxylation is 1. The second-order valence-electron chi connectivity index (χ2n) is 5.44. The summed E-state index contributed by atoms with van der Waals surface area (Å²) in [6, 6.07) is 13.9. The van der Waals surface area contributed by atoms with Crippen molar-refractivity contribution in [2.24, 2.45) is 0 Å². The topological polar surface area (TPSA) is 96.0 Å². The first-order valence-electron chi connectivity index (χ1n) is 7.30. The first kappa shape index (κ1) is 17.8. The number of hydrogen-bond donors (Lipinski definition) is 1. The van der Waals surface area contributed by atoms with Crippen LogP contribution in [0.1, 0.15) is 29.7 Å². The molecule has 0 bridgehead atoms. The Morgan fingerprint density at radius 3 is 2.25 bits per heavy atom. The van der Waals surface area contributed by atoms with E-state index in [0.29, 0.717) is 16.0 Å². The summed E-state index contributed by atoms with van der Waals surface area (Å²) in [5.74, 6) is 0. The second-order valence-corrected chi connectivity index (χ2v) is 6.68. The van der Waals surface area contributed by atoms with Gasteiger partial charge in [0.05, 0.1) is 16.5 Å². The van der Waals surface area contributed by atoms with Crippen molar-refractivity contribution < 1.29 is 9.13 Å². The van der Waals surface area contributed by atoms with Gasteiger partial charge in [0.1, 0.15) is 17.0 Å². The maximum Gasteiger partial charge on any atom is 0.230 e. The molecule has 3 atom stereocenters. The SMILES string of the molecule is Cc1ccc(S(=O)N[C@@H](c2ccc(C#N)cc2)[C@@H](C)[N+](=O)[O-])cc1. The zero-order valence-corrected chi connectivity index (χ0v) is 14.1. The zero-order valence-electron chi connectivity index (χ0n) is 13.3. The van der Waals surface area contributed by atoms with E-state index in [1.54, 1.807) is 36.4 Å². The maximum absolute atomic E-state index is 12.5. The number of hydrogen-bond acceptors (Lipinski definition) is 4. The quantitative estimate of drug-likeness (QED) is 0.644. The molecule has 0 amide bonds. The van der Waals surface area contributed by atoms with E-state index in [2.05, 4.69) is 4.72 Å². The predicted octanol–water partition coefficient (Wildman–Crippen LogP) is 2.89. The van der Waals surface area contributed by atoms with E-state index in [1.165, 1.54) is 6.92 Å². The lowest BCUT2D eigenvalue weighted by Gasteiger charge is -2.20. The summed E-state index contributed by atoms with van der Waals surface area (Å²) < 4.78 is 15.4. The van der Waals surface area contributed by atoms with Crippen LogP contribution in [0.4, 0.5) is 0 Å². The van der Waals surface area contributed by atoms with Gasteiger partial charge in [-0.3, -0.25) is 10.1 Å². The molecule has 0 aliphatic carbocycles. The van der Waals surface area contributed by atoms with Gasteiger partial charge in [0, 0.05) is 11.8 Å². The molecule has 2 aromatic carbocycles. The monoisotopic (exact) mass is 343 g/mol. The maximum atomic E-state index is 12.5. The van der Waals surface area contributed by atoms with Crippen LogP contribution in [0, 0.1) is 28.4 Å². The number of rotatable bonds is 6. The van der Waals surface area contributed by atoms with E-state index in [9.17, 15) is 14.3 Å². The third-order valence-electron chi connectivity index (χ3n) is 3.68. The van der Waals surface area contributed by atoms with E-state index < -0.39 is 28.0 Å². The first-order valence-corrected chi connectivity index (χ1v) is 8.45. The smallest absolute Gasteiger partial charge is 0.230 e. The predicted molar refractivity (Wildman–Crippen MR) is 91.1 cm³/mol. The van der Waals surface area contributed by atoms with Gasteiger partial charge in [-0.25, -0.2) is 8.93 Å². The van der Waals surface area contributed by atoms with Crippen molar-refractivity contribution in [3.63, 3.8) is 0 Å². The molecule has 0 spiro atoms. The molecule has 0 heterocycles. The van der Waals surface area contributed by atoms with Gasteiger partial charge in [0.15, 0.2) is 0 Å². The van der Waals surface area contributed by atoms with Gasteiger partial charge in [-0.2, -0.15) is 5.26 Å². The third-order valence-corrected chi connectivity index (χ3v) is 4.85. The van der Waals surface area contributed by atoms with Crippen LogP contribution >= 0.6 is 0 Å². The Kier molecular flexibility index (Phi) is 5.79. The number of benzene rings is 2. The van der Waals surface area contributed by atoms with Crippen LogP contribution in [0.5, 0.6) is 0 Å². The number of nitrogens with zero attached hydrogens (tertiary/aromatic N) is 2. The summed E-state index contributed by atoms with van der Waals surface area (Å²) in [4.78, 5) is 11.4. The molecule has 0 aliphatic heterocycles. The van der Waals surface area contributed by atoms with Gasteiger partial charge >= 0.3 is 0 Å². The summed E-state index contributed by atoms with van der Waals surface area (Å²) in [5.41, 5.74) is 2.11. The summed E-state index contributed by atoms with van der Waals surface area (Å²) in [5, 5.41) is 20.1. The summed E-state index contributed by atoms with van der Waals surface area (Å²) in [6.45, 7) is 3.39. The van der Waals surface area contributed by atoms with Crippen LogP contribution in [0.2, 0.25) is 0 Å². The van der Waals surface area contributed by atoms with E-state index in [0.717, 1.165) is 5.56 Å². The third kappa shape index (κ3) is 4.25. The van der Waals surface area contributed by atoms with Crippen LogP contribution in [0.3, 0.4) is 0 Å². The lowest BCUT2D eigenvalue weighted by molar-refractivity contribution is -0.522. The molecule has 124 valence electrons. The molecule has 0 fully saturated rings. The number of nitro groups is 1. The minimum atomic E-state index is -1.59. The van der Waals surface area contributed by atoms with Crippen molar-refractivity contribution in [3.05, 3.63) is 75.3 Å². The van der Waals surface area contributed by atoms with Gasteiger partial charge in [-0.05, 0) is 36.8 Å². The molecule has 2 rings (SSSR count). The Hall–Kier alpha value is -2.56. The fourth-order valence-electron chi connectivity index (χ4n) is 2.18. The molecule has 0 radical (unpaired) electrons. The molecular weight excluding hydrogens is 326 g/mol. The van der Waals surface area contributed by atoms with Crippen molar-refractivity contribution in [1.82, 2.24) is 4.72 Å². The van der Waals surface area contributed by atoms with Gasteiger partial charge in [-0.1, -0.05) is 29.8 Å². The molecule has 0 saturated heterocycles. The minimum Gasteiger partial charge on any atom is -0.264 e. The minimum absolute atomic E-state index is 0.414. The highest BCUT2D eigenvalue weighted by molar-refractivity contribution is 7.83. The summed E-state index contributed by atoms with van der Waals surface area (Å²) in [6.07, 6.45) is 0. The highest BCUT2D eigenvalue weighted by Crippen LogP contribution is 2.21. The Morgan fingerprint density at radius 2 is 1.75 bits per heavy atom. The lowest BCUT2D eigenvalue weighted by atomic mass is 10.0. The average molecular weight is 343 g/mol. The molecule has 0 saturated carbocycles. The molecule has 7 heteroatoms.